The van der Waals surface area contributed by atoms with E-state index >= 15 is 0 Å². The normalized spacial score (nSPS) is 20.4. The summed E-state index contributed by atoms with van der Waals surface area (Å²) < 4.78 is 16.0. The Morgan fingerprint density at radius 3 is 2.38 bits per heavy atom. The molecule has 0 aromatic heterocycles. The summed E-state index contributed by atoms with van der Waals surface area (Å²) in [7, 11) is 1.61. The quantitative estimate of drug-likeness (QED) is 0.765. The third-order valence-corrected chi connectivity index (χ3v) is 4.40. The second-order valence-corrected chi connectivity index (χ2v) is 7.45. The lowest BCUT2D eigenvalue weighted by Crippen LogP contribution is -2.47. The number of amides is 1. The first-order valence-corrected chi connectivity index (χ1v) is 9.03. The number of rotatable bonds is 4. The third kappa shape index (κ3) is 5.13. The zero-order chi connectivity index (χ0) is 19.3. The molecule has 0 aliphatic carbocycles. The zero-order valence-corrected chi connectivity index (χ0v) is 16.3. The molecule has 0 N–H and O–H groups in total. The summed E-state index contributed by atoms with van der Waals surface area (Å²) in [6.07, 6.45) is 0.202. The molecule has 2 atom stereocenters. The Balaban J connectivity index is 2.22. The van der Waals surface area contributed by atoms with E-state index in [1.807, 2.05) is 45.0 Å². The molecule has 1 aromatic carbocycles. The van der Waals surface area contributed by atoms with Crippen LogP contribution in [0.1, 0.15) is 45.6 Å². The molecule has 0 saturated carbocycles. The molecule has 1 fully saturated rings. The standard InChI is InChI=1S/C20H29NO5/c1-6-25-18(22)16-11-12-21(19(23)26-20(2,3)4)13-17(16)14-7-9-15(24-5)10-8-14/h7-10,16-17H,6,11-13H2,1-5H3. The first-order chi connectivity index (χ1) is 12.2. The monoisotopic (exact) mass is 363 g/mol. The largest absolute Gasteiger partial charge is 0.497 e. The van der Waals surface area contributed by atoms with Crippen molar-refractivity contribution in [2.45, 2.75) is 45.6 Å². The molecular formula is C20H29NO5. The Morgan fingerprint density at radius 1 is 1.19 bits per heavy atom. The minimum Gasteiger partial charge on any atom is -0.497 e. The number of benzene rings is 1. The van der Waals surface area contributed by atoms with Crippen LogP contribution in [0.25, 0.3) is 0 Å². The van der Waals surface area contributed by atoms with E-state index in [2.05, 4.69) is 0 Å². The minimum absolute atomic E-state index is 0.138. The number of piperidine rings is 1. The fourth-order valence-corrected chi connectivity index (χ4v) is 3.16. The van der Waals surface area contributed by atoms with Crippen LogP contribution >= 0.6 is 0 Å². The van der Waals surface area contributed by atoms with Crippen LogP contribution in [-0.4, -0.2) is 49.4 Å². The molecule has 26 heavy (non-hydrogen) atoms. The molecular weight excluding hydrogens is 334 g/mol. The number of likely N-dealkylation sites (tertiary alicyclic amines) is 1. The lowest BCUT2D eigenvalue weighted by molar-refractivity contribution is -0.150. The second kappa shape index (κ2) is 8.43. The number of hydrogen-bond donors (Lipinski definition) is 0. The van der Waals surface area contributed by atoms with E-state index < -0.39 is 5.60 Å². The summed E-state index contributed by atoms with van der Waals surface area (Å²) in [5.74, 6) is 0.127. The van der Waals surface area contributed by atoms with Crippen LogP contribution in [0.2, 0.25) is 0 Å². The molecule has 6 nitrogen and oxygen atoms in total. The van der Waals surface area contributed by atoms with Gasteiger partial charge in [0.1, 0.15) is 11.4 Å². The first-order valence-electron chi connectivity index (χ1n) is 9.03. The number of nitrogens with zero attached hydrogens (tertiary/aromatic N) is 1. The van der Waals surface area contributed by atoms with Crippen LogP contribution in [-0.2, 0) is 14.3 Å². The van der Waals surface area contributed by atoms with Crippen molar-refractivity contribution in [3.63, 3.8) is 0 Å². The first kappa shape index (κ1) is 20.1. The molecule has 1 aliphatic heterocycles. The number of esters is 1. The van der Waals surface area contributed by atoms with Crippen molar-refractivity contribution in [1.29, 1.82) is 0 Å². The summed E-state index contributed by atoms with van der Waals surface area (Å²) in [4.78, 5) is 26.6. The fourth-order valence-electron chi connectivity index (χ4n) is 3.16. The molecule has 0 radical (unpaired) electrons. The van der Waals surface area contributed by atoms with Gasteiger partial charge in [-0.05, 0) is 51.8 Å². The fraction of sp³-hybridized carbons (Fsp3) is 0.600. The van der Waals surface area contributed by atoms with Gasteiger partial charge < -0.3 is 19.1 Å². The summed E-state index contributed by atoms with van der Waals surface area (Å²) in [5, 5.41) is 0. The van der Waals surface area contributed by atoms with Gasteiger partial charge in [-0.3, -0.25) is 4.79 Å². The summed E-state index contributed by atoms with van der Waals surface area (Å²) >= 11 is 0. The molecule has 1 saturated heterocycles. The lowest BCUT2D eigenvalue weighted by Gasteiger charge is -2.38. The topological polar surface area (TPSA) is 65.1 Å². The van der Waals surface area contributed by atoms with E-state index in [9.17, 15) is 9.59 Å². The molecule has 1 amide bonds. The minimum atomic E-state index is -0.551. The van der Waals surface area contributed by atoms with Gasteiger partial charge in [0.25, 0.3) is 0 Å². The van der Waals surface area contributed by atoms with Gasteiger partial charge in [0.2, 0.25) is 0 Å². The molecule has 0 bridgehead atoms. The predicted molar refractivity (Wildman–Crippen MR) is 98.3 cm³/mol. The van der Waals surface area contributed by atoms with Crippen LogP contribution < -0.4 is 4.74 Å². The molecule has 0 spiro atoms. The molecule has 1 aromatic rings. The van der Waals surface area contributed by atoms with Crippen molar-refractivity contribution < 1.29 is 23.8 Å². The van der Waals surface area contributed by atoms with Crippen LogP contribution in [0.5, 0.6) is 5.75 Å². The average Bonchev–Trinajstić information content (AvgIpc) is 2.60. The average molecular weight is 363 g/mol. The van der Waals surface area contributed by atoms with Crippen LogP contribution in [0.4, 0.5) is 4.79 Å². The number of carbonyl (C=O) groups is 2. The molecule has 144 valence electrons. The molecule has 1 heterocycles. The van der Waals surface area contributed by atoms with E-state index in [0.717, 1.165) is 11.3 Å². The summed E-state index contributed by atoms with van der Waals surface area (Å²) in [6.45, 7) is 8.58. The molecule has 6 heteroatoms. The SMILES string of the molecule is CCOC(=O)C1CCN(C(=O)OC(C)(C)C)CC1c1ccc(OC)cc1. The van der Waals surface area contributed by atoms with Crippen molar-refractivity contribution in [2.75, 3.05) is 26.8 Å². The van der Waals surface area contributed by atoms with E-state index in [1.54, 1.807) is 18.9 Å². The molecule has 2 rings (SSSR count). The lowest BCUT2D eigenvalue weighted by atomic mass is 9.80. The Kier molecular flexibility index (Phi) is 6.51. The number of methoxy groups -OCH3 is 1. The van der Waals surface area contributed by atoms with E-state index in [4.69, 9.17) is 14.2 Å². The zero-order valence-electron chi connectivity index (χ0n) is 16.3. The van der Waals surface area contributed by atoms with E-state index in [1.165, 1.54) is 0 Å². The van der Waals surface area contributed by atoms with Crippen molar-refractivity contribution in [2.24, 2.45) is 5.92 Å². The highest BCUT2D eigenvalue weighted by Gasteiger charge is 2.38. The van der Waals surface area contributed by atoms with Gasteiger partial charge in [0, 0.05) is 19.0 Å². The Morgan fingerprint density at radius 2 is 1.85 bits per heavy atom. The summed E-state index contributed by atoms with van der Waals surface area (Å²) in [6, 6.07) is 7.61. The molecule has 1 aliphatic rings. The predicted octanol–water partition coefficient (Wildman–Crippen LogP) is 3.60. The van der Waals surface area contributed by atoms with Gasteiger partial charge in [0.05, 0.1) is 19.6 Å². The third-order valence-electron chi connectivity index (χ3n) is 4.40. The van der Waals surface area contributed by atoms with Gasteiger partial charge in [-0.15, -0.1) is 0 Å². The Bertz CT molecular complexity index is 620. The van der Waals surface area contributed by atoms with Crippen molar-refractivity contribution in [3.05, 3.63) is 29.8 Å². The van der Waals surface area contributed by atoms with Crippen molar-refractivity contribution in [1.82, 2.24) is 4.90 Å². The Hall–Kier alpha value is -2.24. The van der Waals surface area contributed by atoms with E-state index in [-0.39, 0.29) is 23.9 Å². The van der Waals surface area contributed by atoms with Gasteiger partial charge in [-0.25, -0.2) is 4.79 Å². The van der Waals surface area contributed by atoms with Crippen LogP contribution in [0.15, 0.2) is 24.3 Å². The highest BCUT2D eigenvalue weighted by atomic mass is 16.6. The highest BCUT2D eigenvalue weighted by molar-refractivity contribution is 5.75. The summed E-state index contributed by atoms with van der Waals surface area (Å²) in [5.41, 5.74) is 0.433. The van der Waals surface area contributed by atoms with Gasteiger partial charge in [0.15, 0.2) is 0 Å². The van der Waals surface area contributed by atoms with Crippen LogP contribution in [0.3, 0.4) is 0 Å². The van der Waals surface area contributed by atoms with Crippen LogP contribution in [0, 0.1) is 5.92 Å². The van der Waals surface area contributed by atoms with E-state index in [0.29, 0.717) is 26.1 Å². The second-order valence-electron chi connectivity index (χ2n) is 7.45. The molecule has 2 unspecified atom stereocenters. The van der Waals surface area contributed by atoms with Gasteiger partial charge in [-0.2, -0.15) is 0 Å². The maximum atomic E-state index is 12.5. The number of ether oxygens (including phenoxy) is 3. The maximum Gasteiger partial charge on any atom is 0.410 e. The smallest absolute Gasteiger partial charge is 0.410 e. The maximum absolute atomic E-state index is 12.5. The van der Waals surface area contributed by atoms with Crippen molar-refractivity contribution in [3.8, 4) is 5.75 Å². The number of carbonyl (C=O) groups excluding carboxylic acids is 2. The Labute approximate surface area is 155 Å². The van der Waals surface area contributed by atoms with Gasteiger partial charge in [-0.1, -0.05) is 12.1 Å². The van der Waals surface area contributed by atoms with Gasteiger partial charge >= 0.3 is 12.1 Å². The highest BCUT2D eigenvalue weighted by Crippen LogP contribution is 2.34. The number of hydrogen-bond acceptors (Lipinski definition) is 5. The van der Waals surface area contributed by atoms with Crippen molar-refractivity contribution >= 4 is 12.1 Å².